The van der Waals surface area contributed by atoms with Crippen molar-refractivity contribution in [3.8, 4) is 0 Å². The molecule has 0 atom stereocenters. The third kappa shape index (κ3) is 2.66. The molecule has 0 bridgehead atoms. The Morgan fingerprint density at radius 3 is 1.56 bits per heavy atom. The van der Waals surface area contributed by atoms with E-state index in [0.717, 1.165) is 12.1 Å². The lowest BCUT2D eigenvalue weighted by atomic mass is 9.55. The Morgan fingerprint density at radius 2 is 1.22 bits per heavy atom. The van der Waals surface area contributed by atoms with Crippen molar-refractivity contribution in [3.05, 3.63) is 58.1 Å². The van der Waals surface area contributed by atoms with Crippen LogP contribution < -0.4 is 10.9 Å². The first-order valence-electron chi connectivity index (χ1n) is 5.07. The molecule has 2 aromatic rings. The molecule has 0 aromatic heterocycles. The molecule has 0 heterocycles. The average Bonchev–Trinajstić information content (AvgIpc) is 2.28. The van der Waals surface area contributed by atoms with Crippen LogP contribution in [0.3, 0.4) is 0 Å². The van der Waals surface area contributed by atoms with E-state index in [0.29, 0.717) is 0 Å². The number of benzene rings is 2. The minimum absolute atomic E-state index is 0.0411. The SMILES string of the molecule is OB(c1ccc(Cl)cc1F)c1ccc(Cl)cc1F. The molecule has 0 aliphatic rings. The van der Waals surface area contributed by atoms with E-state index in [4.69, 9.17) is 23.2 Å². The van der Waals surface area contributed by atoms with Gasteiger partial charge in [-0.25, -0.2) is 8.78 Å². The minimum Gasteiger partial charge on any atom is -0.443 e. The van der Waals surface area contributed by atoms with Gasteiger partial charge in [0.2, 0.25) is 0 Å². The lowest BCUT2D eigenvalue weighted by molar-refractivity contribution is 0.581. The molecule has 18 heavy (non-hydrogen) atoms. The van der Waals surface area contributed by atoms with Crippen LogP contribution in [0.2, 0.25) is 10.0 Å². The van der Waals surface area contributed by atoms with E-state index in [1.54, 1.807) is 0 Å². The maximum atomic E-state index is 13.6. The van der Waals surface area contributed by atoms with E-state index in [9.17, 15) is 13.8 Å². The van der Waals surface area contributed by atoms with Gasteiger partial charge in [-0.3, -0.25) is 0 Å². The summed E-state index contributed by atoms with van der Waals surface area (Å²) in [5.74, 6) is -1.38. The number of halogens is 4. The zero-order valence-electron chi connectivity index (χ0n) is 9.00. The summed E-state index contributed by atoms with van der Waals surface area (Å²) in [6.07, 6.45) is 0. The van der Waals surface area contributed by atoms with E-state index in [1.165, 1.54) is 24.3 Å². The molecule has 1 N–H and O–H groups in total. The van der Waals surface area contributed by atoms with Crippen LogP contribution in [0.4, 0.5) is 8.78 Å². The van der Waals surface area contributed by atoms with Crippen molar-refractivity contribution in [1.82, 2.24) is 0 Å². The van der Waals surface area contributed by atoms with Crippen LogP contribution in [-0.4, -0.2) is 11.9 Å². The van der Waals surface area contributed by atoms with Gasteiger partial charge in [0.05, 0.1) is 0 Å². The fourth-order valence-electron chi connectivity index (χ4n) is 1.61. The first-order chi connectivity index (χ1) is 8.49. The average molecular weight is 287 g/mol. The monoisotopic (exact) mass is 286 g/mol. The van der Waals surface area contributed by atoms with E-state index in [2.05, 4.69) is 0 Å². The Morgan fingerprint density at radius 1 is 0.833 bits per heavy atom. The van der Waals surface area contributed by atoms with Crippen molar-refractivity contribution in [1.29, 1.82) is 0 Å². The van der Waals surface area contributed by atoms with Gasteiger partial charge in [0.15, 0.2) is 0 Å². The van der Waals surface area contributed by atoms with Gasteiger partial charge in [-0.05, 0) is 35.2 Å². The second kappa shape index (κ2) is 5.27. The zero-order valence-corrected chi connectivity index (χ0v) is 10.5. The molecular weight excluding hydrogens is 280 g/mol. The fourth-order valence-corrected chi connectivity index (χ4v) is 1.93. The van der Waals surface area contributed by atoms with E-state index in [1.807, 2.05) is 0 Å². The van der Waals surface area contributed by atoms with Gasteiger partial charge in [-0.15, -0.1) is 0 Å². The number of hydrogen-bond acceptors (Lipinski definition) is 1. The Labute approximate surface area is 113 Å². The molecule has 2 aromatic carbocycles. The second-order valence-corrected chi connectivity index (χ2v) is 4.61. The van der Waals surface area contributed by atoms with Gasteiger partial charge < -0.3 is 5.02 Å². The molecule has 0 saturated carbocycles. The highest BCUT2D eigenvalue weighted by Crippen LogP contribution is 2.11. The Balaban J connectivity index is 2.44. The van der Waals surface area contributed by atoms with Crippen LogP contribution in [0, 0.1) is 11.6 Å². The van der Waals surface area contributed by atoms with Gasteiger partial charge in [0.25, 0.3) is 0 Å². The van der Waals surface area contributed by atoms with Crippen LogP contribution in [0.15, 0.2) is 36.4 Å². The maximum absolute atomic E-state index is 13.6. The molecule has 0 aliphatic carbocycles. The van der Waals surface area contributed by atoms with Crippen LogP contribution >= 0.6 is 23.2 Å². The molecule has 0 saturated heterocycles. The third-order valence-electron chi connectivity index (χ3n) is 2.51. The van der Waals surface area contributed by atoms with E-state index < -0.39 is 18.6 Å². The summed E-state index contributed by atoms with van der Waals surface area (Å²) >= 11 is 11.2. The van der Waals surface area contributed by atoms with Crippen LogP contribution in [-0.2, 0) is 0 Å². The maximum Gasteiger partial charge on any atom is 0.364 e. The molecule has 0 spiro atoms. The predicted octanol–water partition coefficient (Wildman–Crippen LogP) is 2.37. The Hall–Kier alpha value is -1.10. The van der Waals surface area contributed by atoms with Gasteiger partial charge in [0, 0.05) is 10.0 Å². The smallest absolute Gasteiger partial charge is 0.364 e. The molecule has 0 fully saturated rings. The van der Waals surface area contributed by atoms with E-state index >= 15 is 0 Å². The standard InChI is InChI=1S/C12H7BCl2F2O/c14-7-1-3-9(11(16)5-7)13(18)10-4-2-8(15)6-12(10)17/h1-6,18H. The molecule has 1 nitrogen and oxygen atoms in total. The lowest BCUT2D eigenvalue weighted by Gasteiger charge is -2.10. The zero-order chi connectivity index (χ0) is 13.3. The van der Waals surface area contributed by atoms with Crippen molar-refractivity contribution in [2.75, 3.05) is 0 Å². The normalized spacial score (nSPS) is 10.5. The highest BCUT2D eigenvalue weighted by molar-refractivity contribution is 6.79. The van der Waals surface area contributed by atoms with Crippen LogP contribution in [0.1, 0.15) is 0 Å². The highest BCUT2D eigenvalue weighted by Gasteiger charge is 2.24. The topological polar surface area (TPSA) is 20.2 Å². The van der Waals surface area contributed by atoms with Crippen molar-refractivity contribution >= 4 is 41.0 Å². The molecular formula is C12H7BCl2F2O. The summed E-state index contributed by atoms with van der Waals surface area (Å²) in [5, 5.41) is 10.4. The number of rotatable bonds is 2. The molecule has 2 rings (SSSR count). The van der Waals surface area contributed by atoms with Crippen molar-refractivity contribution in [2.45, 2.75) is 0 Å². The van der Waals surface area contributed by atoms with Crippen LogP contribution in [0.25, 0.3) is 0 Å². The lowest BCUT2D eigenvalue weighted by Crippen LogP contribution is -2.45. The van der Waals surface area contributed by atoms with Crippen molar-refractivity contribution < 1.29 is 13.8 Å². The van der Waals surface area contributed by atoms with Gasteiger partial charge in [-0.1, -0.05) is 35.3 Å². The summed E-state index contributed by atoms with van der Waals surface area (Å²) < 4.78 is 27.2. The quantitative estimate of drug-likeness (QED) is 0.841. The molecule has 0 amide bonds. The van der Waals surface area contributed by atoms with Gasteiger partial charge >= 0.3 is 6.92 Å². The molecule has 0 radical (unpaired) electrons. The van der Waals surface area contributed by atoms with E-state index in [-0.39, 0.29) is 21.0 Å². The summed E-state index contributed by atoms with van der Waals surface area (Å²) in [4.78, 5) is 0. The molecule has 92 valence electrons. The second-order valence-electron chi connectivity index (χ2n) is 3.73. The highest BCUT2D eigenvalue weighted by atomic mass is 35.5. The first-order valence-corrected chi connectivity index (χ1v) is 5.82. The van der Waals surface area contributed by atoms with Crippen molar-refractivity contribution in [2.24, 2.45) is 0 Å². The van der Waals surface area contributed by atoms with Gasteiger partial charge in [0.1, 0.15) is 11.6 Å². The Bertz CT molecular complexity index is 541. The molecule has 0 aliphatic heterocycles. The summed E-state index contributed by atoms with van der Waals surface area (Å²) in [7, 11) is 0. The first kappa shape index (κ1) is 13.3. The van der Waals surface area contributed by atoms with Crippen molar-refractivity contribution in [3.63, 3.8) is 0 Å². The number of hydrogen-bond donors (Lipinski definition) is 1. The fraction of sp³-hybridized carbons (Fsp3) is 0. The Kier molecular flexibility index (Phi) is 3.90. The largest absolute Gasteiger partial charge is 0.443 e. The van der Waals surface area contributed by atoms with Gasteiger partial charge in [-0.2, -0.15) is 0 Å². The predicted molar refractivity (Wildman–Crippen MR) is 70.1 cm³/mol. The molecule has 0 unspecified atom stereocenters. The third-order valence-corrected chi connectivity index (χ3v) is 2.98. The molecule has 6 heteroatoms. The summed E-state index contributed by atoms with van der Waals surface area (Å²) in [6, 6.07) is 7.61. The summed E-state index contributed by atoms with van der Waals surface area (Å²) in [5.41, 5.74) is -0.0822. The van der Waals surface area contributed by atoms with Crippen LogP contribution in [0.5, 0.6) is 0 Å². The summed E-state index contributed by atoms with van der Waals surface area (Å²) in [6.45, 7) is -1.40. The minimum atomic E-state index is -1.40.